The standard InChI is InChI=1S/C24H14F4O2/c25-17-3-1-4-18(26)23(17)15-11-13(7-9-21(15)29)14-8-10-22(30)16(12-14)24-19(27)5-2-6-20(24)28/h1-12,29-30H. The van der Waals surface area contributed by atoms with E-state index in [4.69, 9.17) is 0 Å². The quantitative estimate of drug-likeness (QED) is 0.371. The van der Waals surface area contributed by atoms with Crippen LogP contribution in [0.15, 0.2) is 72.8 Å². The van der Waals surface area contributed by atoms with Crippen molar-refractivity contribution in [2.45, 2.75) is 0 Å². The molecule has 0 aliphatic heterocycles. The van der Waals surface area contributed by atoms with Crippen LogP contribution in [-0.4, -0.2) is 10.2 Å². The summed E-state index contributed by atoms with van der Waals surface area (Å²) in [4.78, 5) is 0. The second-order valence-corrected chi connectivity index (χ2v) is 6.66. The molecule has 4 aromatic rings. The summed E-state index contributed by atoms with van der Waals surface area (Å²) in [5.41, 5.74) is -0.0940. The fraction of sp³-hybridized carbons (Fsp3) is 0. The zero-order valence-corrected chi connectivity index (χ0v) is 15.3. The number of halogens is 4. The first kappa shape index (κ1) is 19.5. The van der Waals surface area contributed by atoms with E-state index in [1.165, 1.54) is 48.5 Å². The van der Waals surface area contributed by atoms with Gasteiger partial charge < -0.3 is 10.2 Å². The number of phenols is 2. The van der Waals surface area contributed by atoms with Crippen molar-refractivity contribution >= 4 is 0 Å². The Kier molecular flexibility index (Phi) is 4.91. The van der Waals surface area contributed by atoms with Crippen LogP contribution in [0.5, 0.6) is 11.5 Å². The lowest BCUT2D eigenvalue weighted by Crippen LogP contribution is -1.92. The van der Waals surface area contributed by atoms with Crippen molar-refractivity contribution < 1.29 is 27.8 Å². The van der Waals surface area contributed by atoms with Crippen LogP contribution in [0.25, 0.3) is 33.4 Å². The van der Waals surface area contributed by atoms with Crippen molar-refractivity contribution in [2.75, 3.05) is 0 Å². The van der Waals surface area contributed by atoms with Crippen LogP contribution in [0.3, 0.4) is 0 Å². The van der Waals surface area contributed by atoms with Crippen molar-refractivity contribution in [3.63, 3.8) is 0 Å². The fourth-order valence-electron chi connectivity index (χ4n) is 3.34. The third-order valence-electron chi connectivity index (χ3n) is 4.79. The molecule has 0 heterocycles. The molecule has 0 aliphatic carbocycles. The molecule has 0 fully saturated rings. The van der Waals surface area contributed by atoms with Crippen LogP contribution in [0.4, 0.5) is 17.6 Å². The minimum absolute atomic E-state index is 0.0743. The van der Waals surface area contributed by atoms with Crippen LogP contribution in [0.2, 0.25) is 0 Å². The SMILES string of the molecule is Oc1ccc(-c2ccc(O)c(-c3c(F)cccc3F)c2)cc1-c1c(F)cccc1F. The minimum Gasteiger partial charge on any atom is -0.507 e. The molecule has 4 aromatic carbocycles. The molecule has 2 nitrogen and oxygen atoms in total. The number of phenolic OH excluding ortho intramolecular Hbond substituents is 2. The van der Waals surface area contributed by atoms with Gasteiger partial charge in [0.15, 0.2) is 0 Å². The van der Waals surface area contributed by atoms with Crippen molar-refractivity contribution in [3.05, 3.63) is 96.1 Å². The molecule has 0 aromatic heterocycles. The molecule has 0 atom stereocenters. The van der Waals surface area contributed by atoms with Crippen LogP contribution < -0.4 is 0 Å². The van der Waals surface area contributed by atoms with E-state index in [9.17, 15) is 27.8 Å². The highest BCUT2D eigenvalue weighted by atomic mass is 19.1. The van der Waals surface area contributed by atoms with Crippen molar-refractivity contribution in [1.29, 1.82) is 0 Å². The summed E-state index contributed by atoms with van der Waals surface area (Å²) < 4.78 is 56.8. The topological polar surface area (TPSA) is 40.5 Å². The van der Waals surface area contributed by atoms with Crippen LogP contribution in [0, 0.1) is 23.3 Å². The summed E-state index contributed by atoms with van der Waals surface area (Å²) in [6.45, 7) is 0. The van der Waals surface area contributed by atoms with Crippen LogP contribution in [0.1, 0.15) is 0 Å². The monoisotopic (exact) mass is 410 g/mol. The highest BCUT2D eigenvalue weighted by Crippen LogP contribution is 2.39. The van der Waals surface area contributed by atoms with Gasteiger partial charge in [0, 0.05) is 11.1 Å². The summed E-state index contributed by atoms with van der Waals surface area (Å²) in [7, 11) is 0. The molecule has 0 aliphatic rings. The van der Waals surface area contributed by atoms with Gasteiger partial charge in [-0.25, -0.2) is 17.6 Å². The van der Waals surface area contributed by atoms with E-state index < -0.39 is 34.4 Å². The molecule has 0 saturated carbocycles. The number of hydrogen-bond donors (Lipinski definition) is 2. The summed E-state index contributed by atoms with van der Waals surface area (Å²) in [5, 5.41) is 20.3. The first-order valence-electron chi connectivity index (χ1n) is 8.92. The summed E-state index contributed by atoms with van der Waals surface area (Å²) in [6.07, 6.45) is 0. The molecule has 6 heteroatoms. The van der Waals surface area contributed by atoms with Gasteiger partial charge in [-0.2, -0.15) is 0 Å². The van der Waals surface area contributed by atoms with Crippen LogP contribution >= 0.6 is 0 Å². The Morgan fingerprint density at radius 2 is 0.800 bits per heavy atom. The zero-order chi connectivity index (χ0) is 21.4. The van der Waals surface area contributed by atoms with Crippen molar-refractivity contribution in [2.24, 2.45) is 0 Å². The molecule has 2 N–H and O–H groups in total. The predicted molar refractivity (Wildman–Crippen MR) is 106 cm³/mol. The van der Waals surface area contributed by atoms with Gasteiger partial charge in [-0.05, 0) is 59.7 Å². The van der Waals surface area contributed by atoms with Gasteiger partial charge in [0.25, 0.3) is 0 Å². The predicted octanol–water partition coefficient (Wildman–Crippen LogP) is 6.66. The van der Waals surface area contributed by atoms with E-state index in [1.807, 2.05) is 0 Å². The van der Waals surface area contributed by atoms with Gasteiger partial charge in [-0.1, -0.05) is 24.3 Å². The maximum Gasteiger partial charge on any atom is 0.134 e. The molecule has 0 saturated heterocycles. The highest BCUT2D eigenvalue weighted by molar-refractivity contribution is 5.82. The summed E-state index contributed by atoms with van der Waals surface area (Å²) in [5.74, 6) is -4.04. The third kappa shape index (κ3) is 3.37. The van der Waals surface area contributed by atoms with Gasteiger partial charge in [0.05, 0.1) is 11.1 Å². The minimum atomic E-state index is -0.845. The smallest absolute Gasteiger partial charge is 0.134 e. The Labute approximate surface area is 169 Å². The Morgan fingerprint density at radius 1 is 0.467 bits per heavy atom. The lowest BCUT2D eigenvalue weighted by atomic mass is 9.94. The van der Waals surface area contributed by atoms with Gasteiger partial charge in [-0.3, -0.25) is 0 Å². The first-order valence-corrected chi connectivity index (χ1v) is 8.92. The average molecular weight is 410 g/mol. The second-order valence-electron chi connectivity index (χ2n) is 6.66. The molecular weight excluding hydrogens is 396 g/mol. The lowest BCUT2D eigenvalue weighted by Gasteiger charge is -2.13. The Bertz CT molecular complexity index is 1130. The summed E-state index contributed by atoms with van der Waals surface area (Å²) in [6, 6.07) is 15.0. The van der Waals surface area contributed by atoms with E-state index in [1.54, 1.807) is 0 Å². The third-order valence-corrected chi connectivity index (χ3v) is 4.79. The van der Waals surface area contributed by atoms with E-state index in [2.05, 4.69) is 0 Å². The van der Waals surface area contributed by atoms with Crippen molar-refractivity contribution in [1.82, 2.24) is 0 Å². The van der Waals surface area contributed by atoms with E-state index >= 15 is 0 Å². The number of hydrogen-bond acceptors (Lipinski definition) is 2. The van der Waals surface area contributed by atoms with Gasteiger partial charge in [0.1, 0.15) is 34.8 Å². The normalized spacial score (nSPS) is 10.9. The Balaban J connectivity index is 1.89. The lowest BCUT2D eigenvalue weighted by molar-refractivity contribution is 0.475. The molecule has 0 spiro atoms. The molecular formula is C24H14F4O2. The van der Waals surface area contributed by atoms with E-state index in [0.29, 0.717) is 11.1 Å². The number of benzene rings is 4. The van der Waals surface area contributed by atoms with Gasteiger partial charge in [0.2, 0.25) is 0 Å². The average Bonchev–Trinajstić information content (AvgIpc) is 2.70. The number of rotatable bonds is 3. The fourth-order valence-corrected chi connectivity index (χ4v) is 3.34. The zero-order valence-electron chi connectivity index (χ0n) is 15.3. The van der Waals surface area contributed by atoms with Gasteiger partial charge in [-0.15, -0.1) is 0 Å². The molecule has 0 bridgehead atoms. The maximum atomic E-state index is 14.2. The van der Waals surface area contributed by atoms with Crippen molar-refractivity contribution in [3.8, 4) is 44.9 Å². The molecule has 0 unspecified atom stereocenters. The van der Waals surface area contributed by atoms with E-state index in [0.717, 1.165) is 24.3 Å². The van der Waals surface area contributed by atoms with Gasteiger partial charge >= 0.3 is 0 Å². The first-order chi connectivity index (χ1) is 14.4. The van der Waals surface area contributed by atoms with E-state index in [-0.39, 0.29) is 22.6 Å². The molecule has 4 rings (SSSR count). The number of aromatic hydroxyl groups is 2. The molecule has 150 valence electrons. The Morgan fingerprint density at radius 3 is 1.13 bits per heavy atom. The molecule has 0 radical (unpaired) electrons. The highest BCUT2D eigenvalue weighted by Gasteiger charge is 2.18. The summed E-state index contributed by atoms with van der Waals surface area (Å²) >= 11 is 0. The second kappa shape index (κ2) is 7.55. The maximum absolute atomic E-state index is 14.2. The largest absolute Gasteiger partial charge is 0.507 e. The Hall–Kier alpha value is -3.80. The molecule has 30 heavy (non-hydrogen) atoms. The molecule has 0 amide bonds. The van der Waals surface area contributed by atoms with Crippen LogP contribution in [-0.2, 0) is 0 Å².